The maximum absolute atomic E-state index is 13.3. The standard InChI is InChI=1S/C20H22FN3/c21-16-6-7-18-19(13-23-20(18)12-16)15-8-10-24(14-15)11-9-22-17-4-2-1-3-5-17/h1-7,12-13,15,22-23H,8-11,14H2. The van der Waals surface area contributed by atoms with Crippen LogP contribution >= 0.6 is 0 Å². The highest BCUT2D eigenvalue weighted by atomic mass is 19.1. The van der Waals surface area contributed by atoms with Crippen LogP contribution < -0.4 is 5.32 Å². The van der Waals surface area contributed by atoms with E-state index in [0.717, 1.165) is 43.5 Å². The van der Waals surface area contributed by atoms with Crippen molar-refractivity contribution in [3.63, 3.8) is 0 Å². The average molecular weight is 323 g/mol. The van der Waals surface area contributed by atoms with E-state index in [0.29, 0.717) is 5.92 Å². The van der Waals surface area contributed by atoms with Gasteiger partial charge in [-0.05, 0) is 54.8 Å². The summed E-state index contributed by atoms with van der Waals surface area (Å²) in [5.41, 5.74) is 3.39. The van der Waals surface area contributed by atoms with Crippen LogP contribution in [0.1, 0.15) is 17.9 Å². The van der Waals surface area contributed by atoms with Gasteiger partial charge < -0.3 is 15.2 Å². The first-order valence-corrected chi connectivity index (χ1v) is 8.57. The largest absolute Gasteiger partial charge is 0.384 e. The fourth-order valence-electron chi connectivity index (χ4n) is 3.66. The summed E-state index contributed by atoms with van der Waals surface area (Å²) in [6, 6.07) is 15.3. The second kappa shape index (κ2) is 6.65. The predicted octanol–water partition coefficient (Wildman–Crippen LogP) is 4.21. The molecule has 2 N–H and O–H groups in total. The molecule has 24 heavy (non-hydrogen) atoms. The van der Waals surface area contributed by atoms with Gasteiger partial charge in [-0.3, -0.25) is 0 Å². The lowest BCUT2D eigenvalue weighted by Gasteiger charge is -2.16. The molecule has 0 amide bonds. The zero-order chi connectivity index (χ0) is 16.4. The number of halogens is 1. The third-order valence-corrected chi connectivity index (χ3v) is 4.92. The van der Waals surface area contributed by atoms with Gasteiger partial charge in [0.15, 0.2) is 0 Å². The summed E-state index contributed by atoms with van der Waals surface area (Å²) in [6.45, 7) is 4.19. The van der Waals surface area contributed by atoms with Crippen molar-refractivity contribution >= 4 is 16.6 Å². The van der Waals surface area contributed by atoms with Crippen LogP contribution in [0, 0.1) is 5.82 Å². The minimum atomic E-state index is -0.184. The highest BCUT2D eigenvalue weighted by Gasteiger charge is 2.25. The SMILES string of the molecule is Fc1ccc2c(C3CCN(CCNc4ccccc4)C3)c[nH]c2c1. The number of rotatable bonds is 5. The number of aromatic amines is 1. The molecule has 1 aromatic heterocycles. The van der Waals surface area contributed by atoms with Crippen molar-refractivity contribution in [2.75, 3.05) is 31.5 Å². The number of fused-ring (bicyclic) bond motifs is 1. The van der Waals surface area contributed by atoms with Gasteiger partial charge >= 0.3 is 0 Å². The summed E-state index contributed by atoms with van der Waals surface area (Å²) in [6.07, 6.45) is 3.22. The van der Waals surface area contributed by atoms with Crippen LogP contribution in [-0.4, -0.2) is 36.1 Å². The normalized spacial score (nSPS) is 18.3. The van der Waals surface area contributed by atoms with E-state index in [1.807, 2.05) is 24.3 Å². The molecule has 0 saturated carbocycles. The number of benzene rings is 2. The quantitative estimate of drug-likeness (QED) is 0.737. The molecule has 0 bridgehead atoms. The summed E-state index contributed by atoms with van der Waals surface area (Å²) >= 11 is 0. The molecule has 1 unspecified atom stereocenters. The monoisotopic (exact) mass is 323 g/mol. The Morgan fingerprint density at radius 3 is 2.92 bits per heavy atom. The van der Waals surface area contributed by atoms with Gasteiger partial charge in [0.1, 0.15) is 5.82 Å². The summed E-state index contributed by atoms with van der Waals surface area (Å²) in [5.74, 6) is 0.344. The molecular weight excluding hydrogens is 301 g/mol. The number of hydrogen-bond acceptors (Lipinski definition) is 2. The van der Waals surface area contributed by atoms with Gasteiger partial charge in [0.05, 0.1) is 0 Å². The van der Waals surface area contributed by atoms with Gasteiger partial charge in [0.25, 0.3) is 0 Å². The van der Waals surface area contributed by atoms with Gasteiger partial charge in [-0.25, -0.2) is 4.39 Å². The van der Waals surface area contributed by atoms with Crippen molar-refractivity contribution in [1.82, 2.24) is 9.88 Å². The van der Waals surface area contributed by atoms with Crippen LogP contribution in [0.2, 0.25) is 0 Å². The summed E-state index contributed by atoms with van der Waals surface area (Å²) in [7, 11) is 0. The number of nitrogens with zero attached hydrogens (tertiary/aromatic N) is 1. The maximum atomic E-state index is 13.3. The van der Waals surface area contributed by atoms with Crippen molar-refractivity contribution < 1.29 is 4.39 Å². The zero-order valence-electron chi connectivity index (χ0n) is 13.6. The Morgan fingerprint density at radius 1 is 1.17 bits per heavy atom. The molecule has 0 spiro atoms. The Morgan fingerprint density at radius 2 is 2.04 bits per heavy atom. The van der Waals surface area contributed by atoms with Gasteiger partial charge in [-0.2, -0.15) is 0 Å². The molecule has 1 saturated heterocycles. The molecule has 2 heterocycles. The lowest BCUT2D eigenvalue weighted by Crippen LogP contribution is -2.26. The Kier molecular flexibility index (Phi) is 4.22. The molecule has 124 valence electrons. The number of nitrogens with one attached hydrogen (secondary N) is 2. The number of aromatic nitrogens is 1. The average Bonchev–Trinajstić information content (AvgIpc) is 3.22. The second-order valence-corrected chi connectivity index (χ2v) is 6.51. The molecule has 4 rings (SSSR count). The van der Waals surface area contributed by atoms with Crippen molar-refractivity contribution in [2.24, 2.45) is 0 Å². The molecular formula is C20H22FN3. The molecule has 1 atom stereocenters. The molecule has 0 radical (unpaired) electrons. The van der Waals surface area contributed by atoms with E-state index >= 15 is 0 Å². The third-order valence-electron chi connectivity index (χ3n) is 4.92. The maximum Gasteiger partial charge on any atom is 0.125 e. The Hall–Kier alpha value is -2.33. The molecule has 3 aromatic rings. The van der Waals surface area contributed by atoms with Crippen molar-refractivity contribution in [3.8, 4) is 0 Å². The van der Waals surface area contributed by atoms with Crippen molar-refractivity contribution in [3.05, 3.63) is 66.1 Å². The van der Waals surface area contributed by atoms with Crippen LogP contribution in [0.25, 0.3) is 10.9 Å². The first-order chi connectivity index (χ1) is 11.8. The Labute approximate surface area is 141 Å². The number of anilines is 1. The van der Waals surface area contributed by atoms with E-state index in [9.17, 15) is 4.39 Å². The molecule has 1 aliphatic heterocycles. The van der Waals surface area contributed by atoms with Crippen LogP contribution in [0.5, 0.6) is 0 Å². The number of H-pyrrole nitrogens is 1. The zero-order valence-corrected chi connectivity index (χ0v) is 13.6. The van der Waals surface area contributed by atoms with E-state index in [2.05, 4.69) is 33.5 Å². The lowest BCUT2D eigenvalue weighted by molar-refractivity contribution is 0.348. The van der Waals surface area contributed by atoms with E-state index in [4.69, 9.17) is 0 Å². The van der Waals surface area contributed by atoms with E-state index in [1.54, 1.807) is 12.1 Å². The van der Waals surface area contributed by atoms with Crippen molar-refractivity contribution in [2.45, 2.75) is 12.3 Å². The fourth-order valence-corrected chi connectivity index (χ4v) is 3.66. The van der Waals surface area contributed by atoms with E-state index in [-0.39, 0.29) is 5.82 Å². The summed E-state index contributed by atoms with van der Waals surface area (Å²) in [4.78, 5) is 5.72. The fraction of sp³-hybridized carbons (Fsp3) is 0.300. The molecule has 4 heteroatoms. The number of likely N-dealkylation sites (tertiary alicyclic amines) is 1. The first-order valence-electron chi connectivity index (χ1n) is 8.57. The van der Waals surface area contributed by atoms with Gasteiger partial charge in [-0.1, -0.05) is 18.2 Å². The highest BCUT2D eigenvalue weighted by molar-refractivity contribution is 5.83. The topological polar surface area (TPSA) is 31.1 Å². The third kappa shape index (κ3) is 3.15. The van der Waals surface area contributed by atoms with Gasteiger partial charge in [0, 0.05) is 42.4 Å². The predicted molar refractivity (Wildman–Crippen MR) is 97.0 cm³/mol. The molecule has 0 aliphatic carbocycles. The van der Waals surface area contributed by atoms with Gasteiger partial charge in [0.2, 0.25) is 0 Å². The van der Waals surface area contributed by atoms with Crippen LogP contribution in [0.15, 0.2) is 54.7 Å². The summed E-state index contributed by atoms with van der Waals surface area (Å²) < 4.78 is 13.3. The Balaban J connectivity index is 1.35. The minimum Gasteiger partial charge on any atom is -0.384 e. The van der Waals surface area contributed by atoms with E-state index in [1.165, 1.54) is 11.3 Å². The molecule has 2 aromatic carbocycles. The molecule has 1 aliphatic rings. The first kappa shape index (κ1) is 15.2. The van der Waals surface area contributed by atoms with Crippen LogP contribution in [0.4, 0.5) is 10.1 Å². The highest BCUT2D eigenvalue weighted by Crippen LogP contribution is 2.32. The lowest BCUT2D eigenvalue weighted by atomic mass is 9.98. The Bertz CT molecular complexity index is 812. The number of para-hydroxylation sites is 1. The summed E-state index contributed by atoms with van der Waals surface area (Å²) in [5, 5.41) is 4.63. The van der Waals surface area contributed by atoms with Crippen LogP contribution in [0.3, 0.4) is 0 Å². The molecule has 1 fully saturated rings. The molecule has 3 nitrogen and oxygen atoms in total. The minimum absolute atomic E-state index is 0.184. The smallest absolute Gasteiger partial charge is 0.125 e. The number of hydrogen-bond donors (Lipinski definition) is 2. The van der Waals surface area contributed by atoms with Crippen LogP contribution in [-0.2, 0) is 0 Å². The van der Waals surface area contributed by atoms with E-state index < -0.39 is 0 Å². The van der Waals surface area contributed by atoms with Crippen molar-refractivity contribution in [1.29, 1.82) is 0 Å². The second-order valence-electron chi connectivity index (χ2n) is 6.51. The van der Waals surface area contributed by atoms with Gasteiger partial charge in [-0.15, -0.1) is 0 Å².